The van der Waals surface area contributed by atoms with E-state index in [0.717, 1.165) is 54.8 Å². The van der Waals surface area contributed by atoms with Gasteiger partial charge in [-0.1, -0.05) is 481 Å². The third-order valence-electron chi connectivity index (χ3n) is 23.2. The lowest BCUT2D eigenvalue weighted by Gasteiger charge is -2.40. The first kappa shape index (κ1) is 83.0. The standard InChI is InChI=1S/3C13H24.3C13H12.C10H20.2C7H8/c6*1-3-7-12(8-4-1)11-13-9-5-2-6-10-13;1-9(2)6-5-7-10(3,4)8-9;2*1-7-5-3-2-4-6-7/h3*12-13H,1-11H2;3*1-10H,11H2;5-8H2,1-4H3;2*2-6H,1H3. The molecule has 0 heteroatoms. The third-order valence-corrected chi connectivity index (χ3v) is 23.2. The smallest absolute Gasteiger partial charge is 0.00258 e. The van der Waals surface area contributed by atoms with Crippen LogP contribution in [0.1, 0.15) is 310 Å². The zero-order valence-corrected chi connectivity index (χ0v) is 65.8. The molecule has 8 aromatic rings. The van der Waals surface area contributed by atoms with Crippen LogP contribution in [0.3, 0.4) is 0 Å². The Kier molecular flexibility index (Phi) is 41.5. The van der Waals surface area contributed by atoms with E-state index in [9.17, 15) is 0 Å². The van der Waals surface area contributed by atoms with Gasteiger partial charge in [0.1, 0.15) is 0 Å². The van der Waals surface area contributed by atoms with Crippen LogP contribution in [-0.2, 0) is 19.3 Å². The Labute approximate surface area is 628 Å². The minimum atomic E-state index is 0.613. The van der Waals surface area contributed by atoms with Gasteiger partial charge in [0.2, 0.25) is 0 Å². The first-order valence-electron chi connectivity index (χ1n) is 42.2. The lowest BCUT2D eigenvalue weighted by atomic mass is 9.65. The molecule has 0 aliphatic heterocycles. The number of benzene rings is 8. The molecule has 0 aromatic heterocycles. The van der Waals surface area contributed by atoms with Gasteiger partial charge in [-0.25, -0.2) is 0 Å². The molecule has 7 saturated carbocycles. The van der Waals surface area contributed by atoms with E-state index in [2.05, 4.69) is 248 Å². The molecule has 15 rings (SSSR count). The predicted octanol–water partition coefficient (Wildman–Crippen LogP) is 31.0. The molecule has 0 spiro atoms. The second kappa shape index (κ2) is 51.0. The van der Waals surface area contributed by atoms with Crippen LogP contribution >= 0.6 is 0 Å². The van der Waals surface area contributed by atoms with Gasteiger partial charge in [-0.2, -0.15) is 0 Å². The van der Waals surface area contributed by atoms with Gasteiger partial charge in [-0.05, 0) is 151 Å². The zero-order chi connectivity index (χ0) is 71.7. The third kappa shape index (κ3) is 39.0. The molecule has 0 amide bonds. The van der Waals surface area contributed by atoms with Crippen LogP contribution in [0.25, 0.3) is 0 Å². The maximum absolute atomic E-state index is 2.40. The maximum atomic E-state index is 2.40. The second-order valence-electron chi connectivity index (χ2n) is 33.8. The molecule has 552 valence electrons. The Hall–Kier alpha value is -6.24. The average molecular weight is 1370 g/mol. The Morgan fingerprint density at radius 2 is 0.363 bits per heavy atom. The van der Waals surface area contributed by atoms with Crippen LogP contribution in [0, 0.1) is 60.2 Å². The summed E-state index contributed by atoms with van der Waals surface area (Å²) < 4.78 is 0. The molecule has 0 saturated heterocycles. The monoisotopic (exact) mass is 1370 g/mol. The van der Waals surface area contributed by atoms with Gasteiger partial charge >= 0.3 is 0 Å². The molecule has 0 radical (unpaired) electrons. The fourth-order valence-corrected chi connectivity index (χ4v) is 17.8. The second-order valence-corrected chi connectivity index (χ2v) is 33.8. The number of rotatable bonds is 12. The van der Waals surface area contributed by atoms with Crippen molar-refractivity contribution in [2.75, 3.05) is 0 Å². The van der Waals surface area contributed by atoms with Gasteiger partial charge in [-0.15, -0.1) is 0 Å². The minimum absolute atomic E-state index is 0.613. The summed E-state index contributed by atoms with van der Waals surface area (Å²) in [5.41, 5.74) is 12.1. The summed E-state index contributed by atoms with van der Waals surface area (Å²) in [7, 11) is 0. The molecule has 0 unspecified atom stereocenters. The van der Waals surface area contributed by atoms with Crippen molar-refractivity contribution in [3.8, 4) is 0 Å². The molecular weight excluding hydrogens is 1230 g/mol. The first-order chi connectivity index (χ1) is 49.9. The molecule has 0 heterocycles. The molecular formula is C102H144. The van der Waals surface area contributed by atoms with E-state index >= 15 is 0 Å². The summed E-state index contributed by atoms with van der Waals surface area (Å²) in [5.74, 6) is 6.73. The van der Waals surface area contributed by atoms with Crippen molar-refractivity contribution < 1.29 is 0 Å². The minimum Gasteiger partial charge on any atom is -0.0622 e. The summed E-state index contributed by atoms with van der Waals surface area (Å²) in [6.45, 7) is 13.8. The highest BCUT2D eigenvalue weighted by molar-refractivity contribution is 5.28. The molecule has 0 nitrogen and oxygen atoms in total. The average Bonchev–Trinajstić information content (AvgIpc) is 0.843. The van der Waals surface area contributed by atoms with Gasteiger partial charge in [0, 0.05) is 0 Å². The summed E-state index contributed by atoms with van der Waals surface area (Å²) in [4.78, 5) is 0. The van der Waals surface area contributed by atoms with Crippen molar-refractivity contribution in [2.45, 2.75) is 298 Å². The zero-order valence-electron chi connectivity index (χ0n) is 65.8. The summed E-state index contributed by atoms with van der Waals surface area (Å²) >= 11 is 0. The summed E-state index contributed by atoms with van der Waals surface area (Å²) in [5, 5.41) is 0. The molecule has 7 fully saturated rings. The van der Waals surface area contributed by atoms with Crippen molar-refractivity contribution in [1.29, 1.82) is 0 Å². The van der Waals surface area contributed by atoms with Gasteiger partial charge in [-0.3, -0.25) is 0 Å². The van der Waals surface area contributed by atoms with Crippen molar-refractivity contribution in [3.63, 3.8) is 0 Å². The van der Waals surface area contributed by atoms with Crippen LogP contribution < -0.4 is 0 Å². The van der Waals surface area contributed by atoms with Crippen molar-refractivity contribution in [3.05, 3.63) is 287 Å². The van der Waals surface area contributed by atoms with Gasteiger partial charge in [0.15, 0.2) is 0 Å². The van der Waals surface area contributed by atoms with Crippen molar-refractivity contribution >= 4 is 0 Å². The largest absolute Gasteiger partial charge is 0.0622 e. The lowest BCUT2D eigenvalue weighted by Crippen LogP contribution is -2.28. The first-order valence-corrected chi connectivity index (χ1v) is 42.2. The summed E-state index contributed by atoms with van der Waals surface area (Å²) in [6, 6.07) is 83.7. The van der Waals surface area contributed by atoms with Crippen LogP contribution in [-0.4, -0.2) is 0 Å². The highest BCUT2D eigenvalue weighted by Crippen LogP contribution is 2.45. The van der Waals surface area contributed by atoms with Crippen LogP contribution in [0.2, 0.25) is 0 Å². The van der Waals surface area contributed by atoms with Crippen LogP contribution in [0.5, 0.6) is 0 Å². The van der Waals surface area contributed by atoms with E-state index in [1.807, 2.05) is 36.4 Å². The maximum Gasteiger partial charge on any atom is -0.00258 e. The number of aryl methyl sites for hydroxylation is 2. The van der Waals surface area contributed by atoms with Crippen LogP contribution in [0.15, 0.2) is 243 Å². The molecule has 7 aliphatic carbocycles. The normalized spacial score (nSPS) is 18.5. The topological polar surface area (TPSA) is 0 Å². The number of hydrogen-bond donors (Lipinski definition) is 0. The Balaban J connectivity index is 0.000000162. The van der Waals surface area contributed by atoms with E-state index in [0.29, 0.717) is 10.8 Å². The fourth-order valence-electron chi connectivity index (χ4n) is 17.8. The van der Waals surface area contributed by atoms with E-state index in [4.69, 9.17) is 0 Å². The van der Waals surface area contributed by atoms with Gasteiger partial charge in [0.05, 0.1) is 0 Å². The molecule has 0 atom stereocenters. The quantitative estimate of drug-likeness (QED) is 0.114. The predicted molar refractivity (Wildman–Crippen MR) is 449 cm³/mol. The Morgan fingerprint density at radius 3 is 0.490 bits per heavy atom. The van der Waals surface area contributed by atoms with Crippen molar-refractivity contribution in [2.24, 2.45) is 46.3 Å². The van der Waals surface area contributed by atoms with Crippen molar-refractivity contribution in [1.82, 2.24) is 0 Å². The molecule has 0 bridgehead atoms. The van der Waals surface area contributed by atoms with Gasteiger partial charge < -0.3 is 0 Å². The van der Waals surface area contributed by atoms with E-state index in [1.54, 1.807) is 96.3 Å². The molecule has 102 heavy (non-hydrogen) atoms. The Bertz CT molecular complexity index is 2670. The van der Waals surface area contributed by atoms with Crippen LogP contribution in [0.4, 0.5) is 0 Å². The highest BCUT2D eigenvalue weighted by Gasteiger charge is 2.33. The Morgan fingerprint density at radius 1 is 0.206 bits per heavy atom. The molecule has 7 aliphatic rings. The summed E-state index contributed by atoms with van der Waals surface area (Å²) in [6.07, 6.45) is 59.5. The van der Waals surface area contributed by atoms with E-state index in [1.165, 1.54) is 186 Å². The number of hydrogen-bond acceptors (Lipinski definition) is 0. The highest BCUT2D eigenvalue weighted by atomic mass is 14.4. The van der Waals surface area contributed by atoms with E-state index < -0.39 is 0 Å². The molecule has 0 N–H and O–H groups in total. The van der Waals surface area contributed by atoms with E-state index in [-0.39, 0.29) is 0 Å². The fraction of sp³-hybridized carbons (Fsp3) is 0.529. The van der Waals surface area contributed by atoms with Gasteiger partial charge in [0.25, 0.3) is 0 Å². The molecule has 8 aromatic carbocycles. The SMILES string of the molecule is C1CCC(CC2CCCCC2)CC1.C1CCC(CC2CCCCC2)CC1.C1CCC(CC2CCCCC2)CC1.CC1(C)CCCC(C)(C)C1.Cc1ccccc1.Cc1ccccc1.c1ccc(Cc2ccccc2)cc1.c1ccc(Cc2ccccc2)cc1.c1ccc(Cc2ccccc2)cc1. The lowest BCUT2D eigenvalue weighted by molar-refractivity contribution is 0.116.